The maximum absolute atomic E-state index is 12.9. The summed E-state index contributed by atoms with van der Waals surface area (Å²) >= 11 is 0. The third-order valence-electron chi connectivity index (χ3n) is 5.20. The highest BCUT2D eigenvalue weighted by atomic mass is 16.5. The monoisotopic (exact) mass is 392 g/mol. The normalized spacial score (nSPS) is 16.1. The van der Waals surface area contributed by atoms with Gasteiger partial charge in [-0.05, 0) is 56.0 Å². The zero-order valence-electron chi connectivity index (χ0n) is 16.8. The van der Waals surface area contributed by atoms with Gasteiger partial charge >= 0.3 is 6.03 Å². The summed E-state index contributed by atoms with van der Waals surface area (Å²) in [6, 6.07) is 13.1. The molecule has 2 aromatic carbocycles. The Morgan fingerprint density at radius 3 is 2.93 bits per heavy atom. The maximum Gasteiger partial charge on any atom is 0.322 e. The van der Waals surface area contributed by atoms with E-state index in [1.165, 1.54) is 0 Å². The van der Waals surface area contributed by atoms with Gasteiger partial charge in [0.2, 0.25) is 11.7 Å². The number of carbonyl (C=O) groups excluding carboxylic acids is 1. The lowest BCUT2D eigenvalue weighted by Gasteiger charge is -2.23. The number of anilines is 1. The quantitative estimate of drug-likeness (QED) is 0.694. The highest BCUT2D eigenvalue weighted by Crippen LogP contribution is 2.33. The molecule has 0 bridgehead atoms. The molecule has 1 aromatic heterocycles. The van der Waals surface area contributed by atoms with Crippen molar-refractivity contribution in [1.82, 2.24) is 15.0 Å². The van der Waals surface area contributed by atoms with Gasteiger partial charge in [0.15, 0.2) is 0 Å². The maximum atomic E-state index is 12.9. The zero-order chi connectivity index (χ0) is 20.4. The van der Waals surface area contributed by atoms with Crippen molar-refractivity contribution in [3.05, 3.63) is 59.5 Å². The second-order valence-electron chi connectivity index (χ2n) is 7.29. The van der Waals surface area contributed by atoms with E-state index in [0.29, 0.717) is 18.3 Å². The van der Waals surface area contributed by atoms with Crippen LogP contribution in [0, 0.1) is 13.8 Å². The average Bonchev–Trinajstić information content (AvgIpc) is 3.40. The number of nitrogens with one attached hydrogen (secondary N) is 1. The van der Waals surface area contributed by atoms with E-state index in [0.717, 1.165) is 41.0 Å². The largest absolute Gasteiger partial charge is 0.497 e. The molecule has 7 heteroatoms. The number of hydrogen-bond acceptors (Lipinski definition) is 5. The van der Waals surface area contributed by atoms with Crippen LogP contribution < -0.4 is 10.1 Å². The van der Waals surface area contributed by atoms with Gasteiger partial charge in [-0.3, -0.25) is 0 Å². The predicted molar refractivity (Wildman–Crippen MR) is 110 cm³/mol. The van der Waals surface area contributed by atoms with Gasteiger partial charge in [-0.2, -0.15) is 4.98 Å². The molecule has 1 N–H and O–H groups in total. The summed E-state index contributed by atoms with van der Waals surface area (Å²) in [5, 5.41) is 7.14. The Labute approximate surface area is 169 Å². The molecule has 1 saturated heterocycles. The van der Waals surface area contributed by atoms with Crippen LogP contribution in [0.3, 0.4) is 0 Å². The topological polar surface area (TPSA) is 80.5 Å². The molecule has 2 heterocycles. The van der Waals surface area contributed by atoms with Crippen molar-refractivity contribution < 1.29 is 14.1 Å². The molecule has 1 aliphatic rings. The molecule has 0 spiro atoms. The van der Waals surface area contributed by atoms with Crippen molar-refractivity contribution in [3.8, 4) is 17.1 Å². The first-order valence-electron chi connectivity index (χ1n) is 9.68. The number of nitrogens with zero attached hydrogens (tertiary/aromatic N) is 3. The van der Waals surface area contributed by atoms with Crippen LogP contribution in [0.5, 0.6) is 5.75 Å². The fourth-order valence-electron chi connectivity index (χ4n) is 3.57. The van der Waals surface area contributed by atoms with Gasteiger partial charge in [-0.1, -0.05) is 29.4 Å². The molecule has 0 radical (unpaired) electrons. The van der Waals surface area contributed by atoms with Gasteiger partial charge in [0, 0.05) is 17.8 Å². The van der Waals surface area contributed by atoms with Crippen LogP contribution >= 0.6 is 0 Å². The molecule has 1 fully saturated rings. The molecule has 0 unspecified atom stereocenters. The molecule has 29 heavy (non-hydrogen) atoms. The number of hydrogen-bond donors (Lipinski definition) is 1. The van der Waals surface area contributed by atoms with E-state index < -0.39 is 0 Å². The van der Waals surface area contributed by atoms with Crippen molar-refractivity contribution >= 4 is 11.7 Å². The zero-order valence-corrected chi connectivity index (χ0v) is 16.8. The highest BCUT2D eigenvalue weighted by molar-refractivity contribution is 5.90. The molecular formula is C22H24N4O3. The fraction of sp³-hybridized carbons (Fsp3) is 0.318. The first-order valence-corrected chi connectivity index (χ1v) is 9.68. The van der Waals surface area contributed by atoms with Crippen LogP contribution in [0.1, 0.15) is 35.9 Å². The summed E-state index contributed by atoms with van der Waals surface area (Å²) < 4.78 is 10.8. The Kier molecular flexibility index (Phi) is 5.20. The summed E-state index contributed by atoms with van der Waals surface area (Å²) in [7, 11) is 1.62. The molecule has 1 atom stereocenters. The van der Waals surface area contributed by atoms with Gasteiger partial charge in [0.05, 0.1) is 7.11 Å². The van der Waals surface area contributed by atoms with Crippen molar-refractivity contribution in [2.75, 3.05) is 19.0 Å². The van der Waals surface area contributed by atoms with Crippen LogP contribution in [0.4, 0.5) is 10.5 Å². The minimum absolute atomic E-state index is 0.151. The molecule has 3 aromatic rings. The molecule has 7 nitrogen and oxygen atoms in total. The van der Waals surface area contributed by atoms with Gasteiger partial charge in [0.25, 0.3) is 0 Å². The standard InChI is InChI=1S/C22H24N4O3/c1-14-9-10-15(2)18(12-14)23-22(27)26-11-5-8-19(26)21-24-20(25-29-21)16-6-4-7-17(13-16)28-3/h4,6-7,9-10,12-13,19H,5,8,11H2,1-3H3,(H,23,27)/t19-/m1/s1. The second-order valence-corrected chi connectivity index (χ2v) is 7.29. The number of amides is 2. The van der Waals surface area contributed by atoms with E-state index in [2.05, 4.69) is 15.5 Å². The minimum atomic E-state index is -0.230. The SMILES string of the molecule is COc1cccc(-c2noc([C@H]3CCCN3C(=O)Nc3cc(C)ccc3C)n2)c1. The first-order chi connectivity index (χ1) is 14.0. The number of methoxy groups -OCH3 is 1. The summed E-state index contributed by atoms with van der Waals surface area (Å²) in [6.45, 7) is 4.64. The molecule has 4 rings (SSSR count). The van der Waals surface area contributed by atoms with Crippen molar-refractivity contribution in [2.45, 2.75) is 32.7 Å². The summed E-state index contributed by atoms with van der Waals surface area (Å²) in [5.74, 6) is 1.67. The van der Waals surface area contributed by atoms with Gasteiger partial charge < -0.3 is 19.5 Å². The Morgan fingerprint density at radius 2 is 2.10 bits per heavy atom. The fourth-order valence-corrected chi connectivity index (χ4v) is 3.57. The lowest BCUT2D eigenvalue weighted by Crippen LogP contribution is -2.34. The Morgan fingerprint density at radius 1 is 1.24 bits per heavy atom. The van der Waals surface area contributed by atoms with Gasteiger partial charge in [-0.15, -0.1) is 0 Å². The number of rotatable bonds is 4. The van der Waals surface area contributed by atoms with Crippen LogP contribution in [0.15, 0.2) is 47.0 Å². The number of urea groups is 1. The number of aryl methyl sites for hydroxylation is 2. The number of likely N-dealkylation sites (tertiary alicyclic amines) is 1. The molecule has 1 aliphatic heterocycles. The second kappa shape index (κ2) is 7.95. The molecule has 0 saturated carbocycles. The Balaban J connectivity index is 1.53. The first kappa shape index (κ1) is 19.0. The van der Waals surface area contributed by atoms with Crippen molar-refractivity contribution in [2.24, 2.45) is 0 Å². The third kappa shape index (κ3) is 3.94. The number of carbonyl (C=O) groups is 1. The van der Waals surface area contributed by atoms with Gasteiger partial charge in [0.1, 0.15) is 11.8 Å². The van der Waals surface area contributed by atoms with E-state index >= 15 is 0 Å². The minimum Gasteiger partial charge on any atom is -0.497 e. The van der Waals surface area contributed by atoms with E-state index in [-0.39, 0.29) is 12.1 Å². The predicted octanol–water partition coefficient (Wildman–Crippen LogP) is 4.73. The average molecular weight is 392 g/mol. The summed E-state index contributed by atoms with van der Waals surface area (Å²) in [5.41, 5.74) is 3.76. The van der Waals surface area contributed by atoms with E-state index in [9.17, 15) is 4.79 Å². The Hall–Kier alpha value is -3.35. The summed E-state index contributed by atoms with van der Waals surface area (Å²) in [4.78, 5) is 19.3. The van der Waals surface area contributed by atoms with E-state index in [4.69, 9.17) is 9.26 Å². The highest BCUT2D eigenvalue weighted by Gasteiger charge is 2.34. The van der Waals surface area contributed by atoms with Crippen LogP contribution in [0.25, 0.3) is 11.4 Å². The van der Waals surface area contributed by atoms with Crippen molar-refractivity contribution in [1.29, 1.82) is 0 Å². The van der Waals surface area contributed by atoms with E-state index in [1.807, 2.05) is 56.3 Å². The van der Waals surface area contributed by atoms with Gasteiger partial charge in [-0.25, -0.2) is 4.79 Å². The molecular weight excluding hydrogens is 368 g/mol. The smallest absolute Gasteiger partial charge is 0.322 e. The number of ether oxygens (including phenoxy) is 1. The molecule has 0 aliphatic carbocycles. The third-order valence-corrected chi connectivity index (χ3v) is 5.20. The van der Waals surface area contributed by atoms with E-state index in [1.54, 1.807) is 12.0 Å². The molecule has 150 valence electrons. The van der Waals surface area contributed by atoms with Crippen LogP contribution in [-0.2, 0) is 0 Å². The number of benzene rings is 2. The van der Waals surface area contributed by atoms with Crippen LogP contribution in [-0.4, -0.2) is 34.7 Å². The summed E-state index contributed by atoms with van der Waals surface area (Å²) in [6.07, 6.45) is 1.68. The lowest BCUT2D eigenvalue weighted by molar-refractivity contribution is 0.193. The molecule has 2 amide bonds. The number of aromatic nitrogens is 2. The van der Waals surface area contributed by atoms with Crippen LogP contribution in [0.2, 0.25) is 0 Å². The lowest BCUT2D eigenvalue weighted by atomic mass is 10.1. The Bertz CT molecular complexity index is 1030. The van der Waals surface area contributed by atoms with Crippen molar-refractivity contribution in [3.63, 3.8) is 0 Å².